The highest BCUT2D eigenvalue weighted by Crippen LogP contribution is 2.36. The van der Waals surface area contributed by atoms with E-state index in [4.69, 9.17) is 6.57 Å². The molecule has 6 heteroatoms. The first kappa shape index (κ1) is 20.1. The van der Waals surface area contributed by atoms with Crippen molar-refractivity contribution in [3.63, 3.8) is 0 Å². The maximum Gasteiger partial charge on any atom is 0.254 e. The van der Waals surface area contributed by atoms with Gasteiger partial charge in [0, 0.05) is 16.7 Å². The first-order valence-corrected chi connectivity index (χ1v) is 9.50. The molecule has 0 radical (unpaired) electrons. The predicted octanol–water partition coefficient (Wildman–Crippen LogP) is 3.84. The molecule has 1 aliphatic carbocycles. The van der Waals surface area contributed by atoms with E-state index in [0.29, 0.717) is 29.2 Å². The van der Waals surface area contributed by atoms with Crippen LogP contribution in [0, 0.1) is 35.2 Å². The fourth-order valence-corrected chi connectivity index (χ4v) is 3.60. The fourth-order valence-electron chi connectivity index (χ4n) is 3.60. The Morgan fingerprint density at radius 3 is 2.34 bits per heavy atom. The van der Waals surface area contributed by atoms with E-state index in [0.717, 1.165) is 18.4 Å². The summed E-state index contributed by atoms with van der Waals surface area (Å²) < 4.78 is 0. The molecule has 1 aromatic carbocycles. The topological polar surface area (TPSA) is 102 Å². The number of aromatic amines is 1. The Kier molecular flexibility index (Phi) is 5.62. The molecule has 0 unspecified atom stereocenters. The van der Waals surface area contributed by atoms with E-state index in [-0.39, 0.29) is 40.5 Å². The van der Waals surface area contributed by atoms with Gasteiger partial charge in [-0.15, -0.1) is 0 Å². The number of H-pyrrole nitrogens is 1. The van der Waals surface area contributed by atoms with E-state index in [9.17, 15) is 20.1 Å². The van der Waals surface area contributed by atoms with E-state index < -0.39 is 0 Å². The molecule has 29 heavy (non-hydrogen) atoms. The number of nitrogens with zero attached hydrogens (tertiary/aromatic N) is 3. The van der Waals surface area contributed by atoms with Crippen LogP contribution in [0.15, 0.2) is 23.0 Å². The zero-order chi connectivity index (χ0) is 21.1. The van der Waals surface area contributed by atoms with Crippen LogP contribution < -0.4 is 5.56 Å². The van der Waals surface area contributed by atoms with Crippen LogP contribution in [0.25, 0.3) is 4.85 Å². The predicted molar refractivity (Wildman–Crippen MR) is 107 cm³/mol. The van der Waals surface area contributed by atoms with Crippen LogP contribution in [0.4, 0.5) is 0 Å². The Balaban J connectivity index is 2.30. The zero-order valence-electron chi connectivity index (χ0n) is 16.4. The van der Waals surface area contributed by atoms with Crippen molar-refractivity contribution in [2.24, 2.45) is 5.92 Å². The Hall–Kier alpha value is -3.69. The van der Waals surface area contributed by atoms with Crippen LogP contribution in [0.1, 0.15) is 76.5 Å². The highest BCUT2D eigenvalue weighted by atomic mass is 16.1. The SMILES string of the molecule is [C-]#[N+]Cc1[nH]c(=O)c(C(C)C)c(C(=O)c2cc(C#N)cc(C#N)c2)c1CC1CC1. The largest absolute Gasteiger partial charge is 0.319 e. The monoisotopic (exact) mass is 384 g/mol. The number of rotatable bonds is 6. The van der Waals surface area contributed by atoms with Gasteiger partial charge in [-0.3, -0.25) is 9.59 Å². The van der Waals surface area contributed by atoms with Crippen molar-refractivity contribution in [1.29, 1.82) is 10.5 Å². The summed E-state index contributed by atoms with van der Waals surface area (Å²) in [6.07, 6.45) is 2.75. The number of aromatic nitrogens is 1. The summed E-state index contributed by atoms with van der Waals surface area (Å²) in [6, 6.07) is 8.27. The van der Waals surface area contributed by atoms with Crippen LogP contribution in [0.3, 0.4) is 0 Å². The molecule has 0 aliphatic heterocycles. The molecule has 0 amide bonds. The molecule has 1 aromatic heterocycles. The van der Waals surface area contributed by atoms with Gasteiger partial charge in [0.2, 0.25) is 0 Å². The summed E-state index contributed by atoms with van der Waals surface area (Å²) in [6.45, 7) is 10.9. The first-order chi connectivity index (χ1) is 13.9. The van der Waals surface area contributed by atoms with Crippen molar-refractivity contribution in [3.05, 3.63) is 79.0 Å². The Bertz CT molecular complexity index is 1130. The van der Waals surface area contributed by atoms with E-state index in [1.165, 1.54) is 18.2 Å². The molecule has 1 heterocycles. The molecule has 144 valence electrons. The third-order valence-corrected chi connectivity index (χ3v) is 5.13. The highest BCUT2D eigenvalue weighted by Gasteiger charge is 2.31. The Morgan fingerprint density at radius 2 is 1.86 bits per heavy atom. The highest BCUT2D eigenvalue weighted by molar-refractivity contribution is 6.11. The summed E-state index contributed by atoms with van der Waals surface area (Å²) in [7, 11) is 0. The summed E-state index contributed by atoms with van der Waals surface area (Å²) in [5.41, 5.74) is 2.20. The van der Waals surface area contributed by atoms with Crippen LogP contribution in [0.5, 0.6) is 0 Å². The summed E-state index contributed by atoms with van der Waals surface area (Å²) in [4.78, 5) is 32.6. The number of ketones is 1. The molecule has 1 saturated carbocycles. The molecule has 2 aromatic rings. The number of pyridine rings is 1. The average Bonchev–Trinajstić information content (AvgIpc) is 3.52. The number of benzene rings is 1. The summed E-state index contributed by atoms with van der Waals surface area (Å²) >= 11 is 0. The van der Waals surface area contributed by atoms with Crippen LogP contribution in [-0.2, 0) is 13.0 Å². The van der Waals surface area contributed by atoms with Gasteiger partial charge in [0.1, 0.15) is 5.69 Å². The number of carbonyl (C=O) groups is 1. The molecule has 1 fully saturated rings. The minimum absolute atomic E-state index is 0.00235. The van der Waals surface area contributed by atoms with Crippen molar-refractivity contribution in [3.8, 4) is 12.1 Å². The summed E-state index contributed by atoms with van der Waals surface area (Å²) in [5.74, 6) is -0.139. The van der Waals surface area contributed by atoms with Crippen molar-refractivity contribution >= 4 is 5.78 Å². The molecule has 3 rings (SSSR count). The lowest BCUT2D eigenvalue weighted by atomic mass is 9.86. The quantitative estimate of drug-likeness (QED) is 0.604. The van der Waals surface area contributed by atoms with Crippen LogP contribution in [-0.4, -0.2) is 10.8 Å². The van der Waals surface area contributed by atoms with Gasteiger partial charge in [0.25, 0.3) is 12.1 Å². The van der Waals surface area contributed by atoms with Crippen molar-refractivity contribution in [1.82, 2.24) is 4.98 Å². The van der Waals surface area contributed by atoms with Gasteiger partial charge in [-0.1, -0.05) is 13.8 Å². The normalized spacial score (nSPS) is 12.8. The zero-order valence-corrected chi connectivity index (χ0v) is 16.4. The average molecular weight is 384 g/mol. The number of nitriles is 2. The van der Waals surface area contributed by atoms with Gasteiger partial charge >= 0.3 is 0 Å². The summed E-state index contributed by atoms with van der Waals surface area (Å²) in [5, 5.41) is 18.5. The van der Waals surface area contributed by atoms with Crippen LogP contribution >= 0.6 is 0 Å². The smallest absolute Gasteiger partial charge is 0.254 e. The maximum atomic E-state index is 13.6. The lowest BCUT2D eigenvalue weighted by molar-refractivity contribution is 0.103. The fraction of sp³-hybridized carbons (Fsp3) is 0.348. The molecule has 0 atom stereocenters. The van der Waals surface area contributed by atoms with E-state index >= 15 is 0 Å². The molecular weight excluding hydrogens is 364 g/mol. The van der Waals surface area contributed by atoms with E-state index in [2.05, 4.69) is 9.83 Å². The van der Waals surface area contributed by atoms with Crippen molar-refractivity contribution in [2.45, 2.75) is 45.6 Å². The molecule has 0 bridgehead atoms. The van der Waals surface area contributed by atoms with Gasteiger partial charge in [0.05, 0.1) is 23.3 Å². The van der Waals surface area contributed by atoms with Gasteiger partial charge in [-0.05, 0) is 54.9 Å². The Labute approximate surface area is 169 Å². The molecular formula is C23H20N4O2. The molecule has 6 nitrogen and oxygen atoms in total. The molecule has 0 saturated heterocycles. The lowest BCUT2D eigenvalue weighted by Gasteiger charge is -2.18. The maximum absolute atomic E-state index is 13.6. The number of nitrogens with one attached hydrogen (secondary N) is 1. The number of hydrogen-bond acceptors (Lipinski definition) is 4. The van der Waals surface area contributed by atoms with Gasteiger partial charge in [-0.25, -0.2) is 6.57 Å². The standard InChI is InChI=1S/C23H20N4O2/c1-13(2)20-21(22(28)17-7-15(10-24)6-16(8-17)11-25)18(9-14-4-5-14)19(12-26-3)27-23(20)29/h6-8,13-14H,4-5,9,12H2,1-2H3,(H,27,29). The minimum Gasteiger partial charge on any atom is -0.319 e. The van der Waals surface area contributed by atoms with Gasteiger partial charge in [-0.2, -0.15) is 10.5 Å². The van der Waals surface area contributed by atoms with Crippen LogP contribution in [0.2, 0.25) is 0 Å². The second-order valence-electron chi connectivity index (χ2n) is 7.67. The molecule has 0 spiro atoms. The Morgan fingerprint density at radius 1 is 1.24 bits per heavy atom. The second kappa shape index (κ2) is 8.13. The minimum atomic E-state index is -0.379. The van der Waals surface area contributed by atoms with Gasteiger partial charge < -0.3 is 9.83 Å². The third kappa shape index (κ3) is 4.10. The van der Waals surface area contributed by atoms with E-state index in [1.54, 1.807) is 0 Å². The number of carbonyl (C=O) groups excluding carboxylic acids is 1. The molecule has 1 aliphatic rings. The second-order valence-corrected chi connectivity index (χ2v) is 7.67. The number of hydrogen-bond donors (Lipinski definition) is 1. The molecule has 1 N–H and O–H groups in total. The lowest BCUT2D eigenvalue weighted by Crippen LogP contribution is -2.25. The van der Waals surface area contributed by atoms with E-state index in [1.807, 2.05) is 26.0 Å². The van der Waals surface area contributed by atoms with Crippen molar-refractivity contribution < 1.29 is 4.79 Å². The van der Waals surface area contributed by atoms with Crippen molar-refractivity contribution in [2.75, 3.05) is 0 Å². The van der Waals surface area contributed by atoms with Gasteiger partial charge in [0.15, 0.2) is 5.78 Å². The first-order valence-electron chi connectivity index (χ1n) is 9.50. The third-order valence-electron chi connectivity index (χ3n) is 5.13.